The van der Waals surface area contributed by atoms with Crippen molar-refractivity contribution in [2.45, 2.75) is 6.54 Å². The molecule has 17 heavy (non-hydrogen) atoms. The van der Waals surface area contributed by atoms with Gasteiger partial charge in [-0.3, -0.25) is 0 Å². The molecule has 0 saturated heterocycles. The third-order valence-electron chi connectivity index (χ3n) is 1.99. The standard InChI is InChI=1S/C9H5ClF3N3O/c10-6-4(11)1-3(7(12)8(6)13)9-15-5(2-14)17-16-9/h1H,2,14H2. The molecule has 1 aromatic heterocycles. The van der Waals surface area contributed by atoms with E-state index < -0.39 is 28.0 Å². The van der Waals surface area contributed by atoms with E-state index in [0.29, 0.717) is 6.07 Å². The van der Waals surface area contributed by atoms with Gasteiger partial charge in [0.25, 0.3) is 0 Å². The van der Waals surface area contributed by atoms with Crippen molar-refractivity contribution in [1.82, 2.24) is 10.1 Å². The van der Waals surface area contributed by atoms with Crippen molar-refractivity contribution in [3.05, 3.63) is 34.4 Å². The summed E-state index contributed by atoms with van der Waals surface area (Å²) in [7, 11) is 0. The van der Waals surface area contributed by atoms with Crippen LogP contribution in [0.3, 0.4) is 0 Å². The Morgan fingerprint density at radius 2 is 2.00 bits per heavy atom. The van der Waals surface area contributed by atoms with Crippen molar-refractivity contribution in [3.63, 3.8) is 0 Å². The van der Waals surface area contributed by atoms with Gasteiger partial charge in [-0.05, 0) is 6.07 Å². The highest BCUT2D eigenvalue weighted by atomic mass is 35.5. The zero-order valence-electron chi connectivity index (χ0n) is 8.18. The predicted molar refractivity (Wildman–Crippen MR) is 52.5 cm³/mol. The molecule has 0 atom stereocenters. The predicted octanol–water partition coefficient (Wildman–Crippen LogP) is 2.27. The Morgan fingerprint density at radius 3 is 2.59 bits per heavy atom. The van der Waals surface area contributed by atoms with Crippen LogP contribution in [0.4, 0.5) is 13.2 Å². The van der Waals surface area contributed by atoms with Crippen molar-refractivity contribution in [2.75, 3.05) is 0 Å². The molecule has 2 aromatic rings. The number of aromatic nitrogens is 2. The number of nitrogens with zero attached hydrogens (tertiary/aromatic N) is 2. The van der Waals surface area contributed by atoms with Crippen LogP contribution in [0.1, 0.15) is 5.89 Å². The summed E-state index contributed by atoms with van der Waals surface area (Å²) in [5.74, 6) is -4.23. The average Bonchev–Trinajstić information content (AvgIpc) is 2.79. The maximum Gasteiger partial charge on any atom is 0.240 e. The highest BCUT2D eigenvalue weighted by Gasteiger charge is 2.21. The van der Waals surface area contributed by atoms with E-state index >= 15 is 0 Å². The summed E-state index contributed by atoms with van der Waals surface area (Å²) >= 11 is 5.20. The Balaban J connectivity index is 2.59. The van der Waals surface area contributed by atoms with Crippen LogP contribution in [0, 0.1) is 17.5 Å². The molecule has 0 spiro atoms. The Bertz CT molecular complexity index is 573. The summed E-state index contributed by atoms with van der Waals surface area (Å²) in [4.78, 5) is 3.65. The lowest BCUT2D eigenvalue weighted by Gasteiger charge is -2.02. The Morgan fingerprint density at radius 1 is 1.29 bits per heavy atom. The second kappa shape index (κ2) is 4.34. The monoisotopic (exact) mass is 263 g/mol. The van der Waals surface area contributed by atoms with Gasteiger partial charge in [-0.15, -0.1) is 0 Å². The molecule has 0 unspecified atom stereocenters. The minimum atomic E-state index is -1.50. The minimum absolute atomic E-state index is 0.0233. The fourth-order valence-electron chi connectivity index (χ4n) is 1.18. The smallest absolute Gasteiger partial charge is 0.240 e. The van der Waals surface area contributed by atoms with E-state index in [1.54, 1.807) is 0 Å². The van der Waals surface area contributed by atoms with E-state index in [1.807, 2.05) is 0 Å². The molecule has 90 valence electrons. The first-order valence-corrected chi connectivity index (χ1v) is 4.78. The van der Waals surface area contributed by atoms with Crippen LogP contribution in [-0.4, -0.2) is 10.1 Å². The molecule has 0 fully saturated rings. The number of benzene rings is 1. The van der Waals surface area contributed by atoms with Crippen molar-refractivity contribution < 1.29 is 17.7 Å². The van der Waals surface area contributed by atoms with Gasteiger partial charge in [0.15, 0.2) is 11.6 Å². The number of rotatable bonds is 2. The van der Waals surface area contributed by atoms with E-state index in [2.05, 4.69) is 14.7 Å². The van der Waals surface area contributed by atoms with Gasteiger partial charge in [-0.25, -0.2) is 13.2 Å². The normalized spacial score (nSPS) is 10.9. The number of hydrogen-bond donors (Lipinski definition) is 1. The summed E-state index contributed by atoms with van der Waals surface area (Å²) in [6.07, 6.45) is 0. The Hall–Kier alpha value is -1.60. The number of halogens is 4. The fraction of sp³-hybridized carbons (Fsp3) is 0.111. The summed E-state index contributed by atoms with van der Waals surface area (Å²) in [5, 5.41) is 2.43. The molecule has 0 bridgehead atoms. The Kier molecular flexibility index (Phi) is 3.03. The van der Waals surface area contributed by atoms with Gasteiger partial charge in [-0.1, -0.05) is 16.8 Å². The van der Waals surface area contributed by atoms with Crippen molar-refractivity contribution in [2.24, 2.45) is 5.73 Å². The molecule has 1 heterocycles. The molecule has 0 aliphatic heterocycles. The molecule has 0 amide bonds. The highest BCUT2D eigenvalue weighted by molar-refractivity contribution is 6.31. The third-order valence-corrected chi connectivity index (χ3v) is 2.33. The van der Waals surface area contributed by atoms with Crippen molar-refractivity contribution in [3.8, 4) is 11.4 Å². The maximum absolute atomic E-state index is 13.5. The van der Waals surface area contributed by atoms with Crippen molar-refractivity contribution in [1.29, 1.82) is 0 Å². The molecule has 0 radical (unpaired) electrons. The number of hydrogen-bond acceptors (Lipinski definition) is 4. The van der Waals surface area contributed by atoms with E-state index in [9.17, 15) is 13.2 Å². The first-order valence-electron chi connectivity index (χ1n) is 4.40. The van der Waals surface area contributed by atoms with Crippen LogP contribution in [0.15, 0.2) is 10.6 Å². The van der Waals surface area contributed by atoms with Crippen LogP contribution < -0.4 is 5.73 Å². The molecule has 4 nitrogen and oxygen atoms in total. The lowest BCUT2D eigenvalue weighted by molar-refractivity contribution is 0.380. The van der Waals surface area contributed by atoms with Gasteiger partial charge in [-0.2, -0.15) is 4.98 Å². The van der Waals surface area contributed by atoms with Gasteiger partial charge >= 0.3 is 0 Å². The first-order chi connectivity index (χ1) is 8.04. The molecule has 2 rings (SSSR count). The van der Waals surface area contributed by atoms with E-state index in [-0.39, 0.29) is 18.3 Å². The van der Waals surface area contributed by atoms with Gasteiger partial charge in [0.05, 0.1) is 12.1 Å². The number of nitrogens with two attached hydrogens (primary N) is 1. The summed E-state index contributed by atoms with van der Waals surface area (Å²) in [5.41, 5.74) is 4.73. The fourth-order valence-corrected chi connectivity index (χ4v) is 1.32. The van der Waals surface area contributed by atoms with Crippen LogP contribution >= 0.6 is 11.6 Å². The molecule has 0 aliphatic carbocycles. The summed E-state index contributed by atoms with van der Waals surface area (Å²) < 4.78 is 44.4. The lowest BCUT2D eigenvalue weighted by atomic mass is 10.2. The summed E-state index contributed by atoms with van der Waals surface area (Å²) in [6, 6.07) is 0.686. The SMILES string of the molecule is NCc1nc(-c2cc(F)c(Cl)c(F)c2F)no1. The highest BCUT2D eigenvalue weighted by Crippen LogP contribution is 2.29. The third kappa shape index (κ3) is 1.98. The molecule has 2 N–H and O–H groups in total. The van der Waals surface area contributed by atoms with Crippen LogP contribution in [-0.2, 0) is 6.54 Å². The average molecular weight is 264 g/mol. The molecule has 0 aliphatic rings. The van der Waals surface area contributed by atoms with E-state index in [1.165, 1.54) is 0 Å². The van der Waals surface area contributed by atoms with Gasteiger partial charge < -0.3 is 10.3 Å². The minimum Gasteiger partial charge on any atom is -0.338 e. The molecular formula is C9H5ClF3N3O. The van der Waals surface area contributed by atoms with Crippen molar-refractivity contribution >= 4 is 11.6 Å². The summed E-state index contributed by atoms with van der Waals surface area (Å²) in [6.45, 7) is -0.0623. The molecule has 0 saturated carbocycles. The Labute approximate surface area is 98.2 Å². The quantitative estimate of drug-likeness (QED) is 0.667. The largest absolute Gasteiger partial charge is 0.338 e. The zero-order chi connectivity index (χ0) is 12.6. The zero-order valence-corrected chi connectivity index (χ0v) is 8.93. The first kappa shape index (κ1) is 11.9. The van der Waals surface area contributed by atoms with Gasteiger partial charge in [0, 0.05) is 0 Å². The van der Waals surface area contributed by atoms with Gasteiger partial charge in [0.2, 0.25) is 11.7 Å². The van der Waals surface area contributed by atoms with Crippen LogP contribution in [0.5, 0.6) is 0 Å². The second-order valence-corrected chi connectivity index (χ2v) is 3.44. The second-order valence-electron chi connectivity index (χ2n) is 3.06. The van der Waals surface area contributed by atoms with Gasteiger partial charge in [0.1, 0.15) is 10.8 Å². The molecule has 8 heteroatoms. The van der Waals surface area contributed by atoms with E-state index in [0.717, 1.165) is 0 Å². The maximum atomic E-state index is 13.5. The molecular weight excluding hydrogens is 259 g/mol. The molecule has 1 aromatic carbocycles. The topological polar surface area (TPSA) is 64.9 Å². The van der Waals surface area contributed by atoms with Crippen LogP contribution in [0.25, 0.3) is 11.4 Å². The van der Waals surface area contributed by atoms with Crippen LogP contribution in [0.2, 0.25) is 5.02 Å². The lowest BCUT2D eigenvalue weighted by Crippen LogP contribution is -1.98. The van der Waals surface area contributed by atoms with E-state index in [4.69, 9.17) is 17.3 Å².